The van der Waals surface area contributed by atoms with Crippen molar-refractivity contribution in [3.63, 3.8) is 0 Å². The Morgan fingerprint density at radius 1 is 1.00 bits per heavy atom. The number of rotatable bonds is 8. The molecule has 25 heavy (non-hydrogen) atoms. The van der Waals surface area contributed by atoms with Gasteiger partial charge in [-0.05, 0) is 38.1 Å². The molecule has 2 aromatic carbocycles. The largest absolute Gasteiger partial charge is 0.494 e. The molecule has 0 aromatic heterocycles. The molecule has 6 nitrogen and oxygen atoms in total. The number of amides is 1. The van der Waals surface area contributed by atoms with E-state index in [1.165, 1.54) is 12.1 Å². The lowest BCUT2D eigenvalue weighted by Crippen LogP contribution is -2.23. The Hall–Kier alpha value is -2.54. The molecule has 1 amide bonds. The summed E-state index contributed by atoms with van der Waals surface area (Å²) < 4.78 is 35.5. The monoisotopic (exact) mass is 363 g/mol. The molecule has 0 radical (unpaired) electrons. The fourth-order valence-electron chi connectivity index (χ4n) is 2.21. The molecule has 0 bridgehead atoms. The molecule has 0 fully saturated rings. The molecule has 2 aromatic rings. The number of sulfone groups is 1. The Bertz CT molecular complexity index is 819. The Balaban J connectivity index is 2.17. The summed E-state index contributed by atoms with van der Waals surface area (Å²) in [5.41, 5.74) is 0.376. The second-order valence-corrected chi connectivity index (χ2v) is 7.13. The SMILES string of the molecule is CCOc1ccc(OCC)c(NC(=O)CS(=O)(=O)c2ccccc2)c1. The standard InChI is InChI=1S/C18H21NO5S/c1-3-23-14-10-11-17(24-4-2)16(12-14)19-18(20)13-25(21,22)15-8-6-5-7-9-15/h5-12H,3-4,13H2,1-2H3,(H,19,20). The van der Waals surface area contributed by atoms with Gasteiger partial charge in [-0.2, -0.15) is 0 Å². The summed E-state index contributed by atoms with van der Waals surface area (Å²) in [6.07, 6.45) is 0. The van der Waals surface area contributed by atoms with Gasteiger partial charge >= 0.3 is 0 Å². The van der Waals surface area contributed by atoms with Crippen LogP contribution >= 0.6 is 0 Å². The third-order valence-electron chi connectivity index (χ3n) is 3.26. The molecule has 0 spiro atoms. The number of carbonyl (C=O) groups is 1. The maximum atomic E-state index is 12.3. The number of hydrogen-bond acceptors (Lipinski definition) is 5. The van der Waals surface area contributed by atoms with Gasteiger partial charge in [-0.15, -0.1) is 0 Å². The topological polar surface area (TPSA) is 81.7 Å². The van der Waals surface area contributed by atoms with Gasteiger partial charge in [-0.25, -0.2) is 8.42 Å². The summed E-state index contributed by atoms with van der Waals surface area (Å²) in [7, 11) is -3.71. The summed E-state index contributed by atoms with van der Waals surface area (Å²) in [5, 5.41) is 2.60. The Morgan fingerprint density at radius 3 is 2.32 bits per heavy atom. The van der Waals surface area contributed by atoms with E-state index >= 15 is 0 Å². The molecule has 0 aliphatic rings. The van der Waals surface area contributed by atoms with Crippen LogP contribution in [0.25, 0.3) is 0 Å². The van der Waals surface area contributed by atoms with Gasteiger partial charge in [0.2, 0.25) is 5.91 Å². The van der Waals surface area contributed by atoms with Gasteiger partial charge in [-0.1, -0.05) is 18.2 Å². The quantitative estimate of drug-likeness (QED) is 0.780. The summed E-state index contributed by atoms with van der Waals surface area (Å²) in [6, 6.07) is 12.9. The van der Waals surface area contributed by atoms with Crippen LogP contribution in [0.1, 0.15) is 13.8 Å². The Kier molecular flexibility index (Phi) is 6.41. The highest BCUT2D eigenvalue weighted by molar-refractivity contribution is 7.92. The van der Waals surface area contributed by atoms with Gasteiger partial charge in [0.25, 0.3) is 0 Å². The molecule has 0 saturated heterocycles. The first kappa shape index (κ1) is 18.8. The minimum absolute atomic E-state index is 0.109. The first-order valence-corrected chi connectivity index (χ1v) is 9.58. The number of carbonyl (C=O) groups excluding carboxylic acids is 1. The van der Waals surface area contributed by atoms with Crippen molar-refractivity contribution in [1.29, 1.82) is 0 Å². The van der Waals surface area contributed by atoms with E-state index in [4.69, 9.17) is 9.47 Å². The van der Waals surface area contributed by atoms with Crippen LogP contribution < -0.4 is 14.8 Å². The predicted octanol–water partition coefficient (Wildman–Crippen LogP) is 2.90. The van der Waals surface area contributed by atoms with Crippen LogP contribution in [-0.2, 0) is 14.6 Å². The zero-order valence-corrected chi connectivity index (χ0v) is 15.0. The first-order valence-electron chi connectivity index (χ1n) is 7.93. The summed E-state index contributed by atoms with van der Waals surface area (Å²) in [5.74, 6) is -0.274. The maximum Gasteiger partial charge on any atom is 0.240 e. The van der Waals surface area contributed by atoms with Crippen molar-refractivity contribution >= 4 is 21.4 Å². The molecule has 2 rings (SSSR count). The van der Waals surface area contributed by atoms with Gasteiger partial charge < -0.3 is 14.8 Å². The minimum atomic E-state index is -3.71. The van der Waals surface area contributed by atoms with E-state index in [1.807, 2.05) is 13.8 Å². The highest BCUT2D eigenvalue weighted by Gasteiger charge is 2.20. The highest BCUT2D eigenvalue weighted by Crippen LogP contribution is 2.29. The van der Waals surface area contributed by atoms with Gasteiger partial charge in [0.15, 0.2) is 9.84 Å². The summed E-state index contributed by atoms with van der Waals surface area (Å²) >= 11 is 0. The van der Waals surface area contributed by atoms with Crippen LogP contribution in [0.5, 0.6) is 11.5 Å². The van der Waals surface area contributed by atoms with E-state index in [0.717, 1.165) is 0 Å². The van der Waals surface area contributed by atoms with Crippen molar-refractivity contribution in [3.8, 4) is 11.5 Å². The van der Waals surface area contributed by atoms with E-state index in [0.29, 0.717) is 30.4 Å². The van der Waals surface area contributed by atoms with Crippen molar-refractivity contribution in [2.45, 2.75) is 18.7 Å². The van der Waals surface area contributed by atoms with Crippen LogP contribution in [0, 0.1) is 0 Å². The van der Waals surface area contributed by atoms with Crippen molar-refractivity contribution in [1.82, 2.24) is 0 Å². The van der Waals surface area contributed by atoms with Crippen LogP contribution in [-0.4, -0.2) is 33.3 Å². The van der Waals surface area contributed by atoms with E-state index in [2.05, 4.69) is 5.32 Å². The molecular formula is C18H21NO5S. The molecule has 0 aliphatic heterocycles. The van der Waals surface area contributed by atoms with Gasteiger partial charge in [0, 0.05) is 6.07 Å². The molecule has 0 unspecified atom stereocenters. The van der Waals surface area contributed by atoms with Gasteiger partial charge in [0.1, 0.15) is 17.3 Å². The van der Waals surface area contributed by atoms with E-state index in [9.17, 15) is 13.2 Å². The Labute approximate surface area is 147 Å². The molecule has 1 N–H and O–H groups in total. The zero-order valence-electron chi connectivity index (χ0n) is 14.2. The fraction of sp³-hybridized carbons (Fsp3) is 0.278. The molecule has 0 aliphatic carbocycles. The normalized spacial score (nSPS) is 11.0. The van der Waals surface area contributed by atoms with Crippen LogP contribution in [0.2, 0.25) is 0 Å². The van der Waals surface area contributed by atoms with Crippen molar-refractivity contribution in [2.75, 3.05) is 24.3 Å². The molecule has 0 atom stereocenters. The fourth-order valence-corrected chi connectivity index (χ4v) is 3.37. The lowest BCUT2D eigenvalue weighted by Gasteiger charge is -2.13. The van der Waals surface area contributed by atoms with Crippen LogP contribution in [0.3, 0.4) is 0 Å². The molecule has 7 heteroatoms. The number of nitrogens with one attached hydrogen (secondary N) is 1. The number of anilines is 1. The van der Waals surface area contributed by atoms with Gasteiger partial charge in [0.05, 0.1) is 23.8 Å². The average molecular weight is 363 g/mol. The van der Waals surface area contributed by atoms with E-state index in [-0.39, 0.29) is 4.90 Å². The zero-order chi connectivity index (χ0) is 18.3. The summed E-state index contributed by atoms with van der Waals surface area (Å²) in [6.45, 7) is 4.56. The molecule has 0 heterocycles. The molecular weight excluding hydrogens is 342 g/mol. The third-order valence-corrected chi connectivity index (χ3v) is 4.89. The average Bonchev–Trinajstić information content (AvgIpc) is 2.58. The lowest BCUT2D eigenvalue weighted by atomic mass is 10.2. The minimum Gasteiger partial charge on any atom is -0.494 e. The van der Waals surface area contributed by atoms with Gasteiger partial charge in [-0.3, -0.25) is 4.79 Å². The molecule has 0 saturated carbocycles. The second-order valence-electron chi connectivity index (χ2n) is 5.14. The van der Waals surface area contributed by atoms with Crippen LogP contribution in [0.15, 0.2) is 53.4 Å². The lowest BCUT2D eigenvalue weighted by molar-refractivity contribution is -0.113. The number of benzene rings is 2. The number of ether oxygens (including phenoxy) is 2. The van der Waals surface area contributed by atoms with Crippen molar-refractivity contribution < 1.29 is 22.7 Å². The number of hydrogen-bond donors (Lipinski definition) is 1. The third kappa shape index (κ3) is 5.22. The van der Waals surface area contributed by atoms with E-state index < -0.39 is 21.5 Å². The first-order chi connectivity index (χ1) is 12.0. The summed E-state index contributed by atoms with van der Waals surface area (Å²) in [4.78, 5) is 12.3. The predicted molar refractivity (Wildman–Crippen MR) is 95.9 cm³/mol. The maximum absolute atomic E-state index is 12.3. The molecule has 134 valence electrons. The smallest absolute Gasteiger partial charge is 0.240 e. The van der Waals surface area contributed by atoms with Crippen molar-refractivity contribution in [2.24, 2.45) is 0 Å². The second kappa shape index (κ2) is 8.53. The Morgan fingerprint density at radius 2 is 1.68 bits per heavy atom. The van der Waals surface area contributed by atoms with Crippen LogP contribution in [0.4, 0.5) is 5.69 Å². The van der Waals surface area contributed by atoms with E-state index in [1.54, 1.807) is 36.4 Å². The van der Waals surface area contributed by atoms with Crippen molar-refractivity contribution in [3.05, 3.63) is 48.5 Å². The highest BCUT2D eigenvalue weighted by atomic mass is 32.2.